The van der Waals surface area contributed by atoms with Gasteiger partial charge in [-0.25, -0.2) is 0 Å². The predicted octanol–water partition coefficient (Wildman–Crippen LogP) is 0.0155. The quantitative estimate of drug-likeness (QED) is 0.148. The SMILES string of the molecule is CC(C)/C=C/C(C[C@@H]1OC(O)(CC(O)C(C)C)C[C@H](O)C1C(=O)NC1CCC(N)CC1)OC1OC(C)C(O)C(N)C1O. The highest BCUT2D eigenvalue weighted by atomic mass is 16.7. The molecule has 10 N–H and O–H groups in total. The highest BCUT2D eigenvalue weighted by molar-refractivity contribution is 5.80. The van der Waals surface area contributed by atoms with Gasteiger partial charge in [-0.05, 0) is 44.4 Å². The maximum Gasteiger partial charge on any atom is 0.228 e. The molecule has 0 radical (unpaired) electrons. The van der Waals surface area contributed by atoms with Gasteiger partial charge in [-0.15, -0.1) is 0 Å². The predicted molar refractivity (Wildman–Crippen MR) is 156 cm³/mol. The molecule has 2 heterocycles. The van der Waals surface area contributed by atoms with Crippen LogP contribution in [0.3, 0.4) is 0 Å². The Hall–Kier alpha value is -1.19. The molecule has 0 aromatic carbocycles. The largest absolute Gasteiger partial charge is 0.393 e. The molecule has 12 heteroatoms. The number of rotatable bonds is 11. The Morgan fingerprint density at radius 2 is 1.71 bits per heavy atom. The highest BCUT2D eigenvalue weighted by Gasteiger charge is 2.51. The summed E-state index contributed by atoms with van der Waals surface area (Å²) in [5.74, 6) is -3.32. The lowest BCUT2D eigenvalue weighted by Crippen LogP contribution is -2.62. The molecular weight excluding hydrogens is 546 g/mol. The van der Waals surface area contributed by atoms with Gasteiger partial charge in [0.1, 0.15) is 6.10 Å². The van der Waals surface area contributed by atoms with Crippen LogP contribution in [-0.2, 0) is 19.0 Å². The van der Waals surface area contributed by atoms with Crippen molar-refractivity contribution in [2.24, 2.45) is 29.2 Å². The van der Waals surface area contributed by atoms with Crippen LogP contribution in [0.15, 0.2) is 12.2 Å². The molecule has 1 aliphatic carbocycles. The van der Waals surface area contributed by atoms with Gasteiger partial charge in [0.05, 0.1) is 48.6 Å². The summed E-state index contributed by atoms with van der Waals surface area (Å²) in [5.41, 5.74) is 12.0. The molecule has 9 unspecified atom stereocenters. The molecule has 2 aliphatic heterocycles. The minimum atomic E-state index is -1.88. The van der Waals surface area contributed by atoms with Crippen molar-refractivity contribution >= 4 is 5.91 Å². The van der Waals surface area contributed by atoms with Gasteiger partial charge in [0, 0.05) is 31.3 Å². The topological polar surface area (TPSA) is 210 Å². The van der Waals surface area contributed by atoms with Crippen LogP contribution in [0, 0.1) is 17.8 Å². The van der Waals surface area contributed by atoms with Gasteiger partial charge in [0.25, 0.3) is 0 Å². The molecule has 42 heavy (non-hydrogen) atoms. The first kappa shape index (κ1) is 35.3. The van der Waals surface area contributed by atoms with Gasteiger partial charge < -0.3 is 56.5 Å². The van der Waals surface area contributed by atoms with Crippen molar-refractivity contribution in [3.05, 3.63) is 12.2 Å². The summed E-state index contributed by atoms with van der Waals surface area (Å²) in [6.45, 7) is 9.22. The number of carbonyl (C=O) groups excluding carboxylic acids is 1. The minimum Gasteiger partial charge on any atom is -0.393 e. The van der Waals surface area contributed by atoms with Crippen molar-refractivity contribution in [1.82, 2.24) is 5.32 Å². The van der Waals surface area contributed by atoms with E-state index in [2.05, 4.69) is 5.32 Å². The Morgan fingerprint density at radius 3 is 2.31 bits per heavy atom. The molecule has 0 aromatic heterocycles. The van der Waals surface area contributed by atoms with E-state index >= 15 is 0 Å². The van der Waals surface area contributed by atoms with Crippen LogP contribution < -0.4 is 16.8 Å². The molecule has 12 nitrogen and oxygen atoms in total. The second kappa shape index (κ2) is 15.2. The molecule has 0 spiro atoms. The fourth-order valence-electron chi connectivity index (χ4n) is 6.01. The lowest BCUT2D eigenvalue weighted by molar-refractivity contribution is -0.307. The fourth-order valence-corrected chi connectivity index (χ4v) is 6.01. The summed E-state index contributed by atoms with van der Waals surface area (Å²) in [4.78, 5) is 13.6. The zero-order valence-electron chi connectivity index (χ0n) is 25.7. The Kier molecular flexibility index (Phi) is 12.8. The van der Waals surface area contributed by atoms with Gasteiger partial charge in [0.2, 0.25) is 5.91 Å². The Bertz CT molecular complexity index is 884. The van der Waals surface area contributed by atoms with Crippen LogP contribution in [0.25, 0.3) is 0 Å². The van der Waals surface area contributed by atoms with Crippen molar-refractivity contribution in [1.29, 1.82) is 0 Å². The summed E-state index contributed by atoms with van der Waals surface area (Å²) in [5, 5.41) is 57.2. The molecule has 1 amide bonds. The molecule has 0 bridgehead atoms. The van der Waals surface area contributed by atoms with E-state index in [1.54, 1.807) is 13.0 Å². The summed E-state index contributed by atoms with van der Waals surface area (Å²) < 4.78 is 18.1. The zero-order valence-corrected chi connectivity index (χ0v) is 25.7. The lowest BCUT2D eigenvalue weighted by atomic mass is 9.81. The van der Waals surface area contributed by atoms with Crippen molar-refractivity contribution in [2.45, 2.75) is 152 Å². The van der Waals surface area contributed by atoms with E-state index in [1.807, 2.05) is 33.8 Å². The standard InChI is InChI=1S/C30H55N3O9/c1-15(2)6-11-20(41-29-27(37)25(32)26(36)17(5)40-29)12-23-24(28(38)33-19-9-7-18(31)8-10-19)22(35)14-30(39,42-23)13-21(34)16(3)4/h6,11,15-27,29,34-37,39H,7-10,12-14,31-32H2,1-5H3,(H,33,38)/b11-6+/t17?,18?,19?,20?,21?,22-,23-,24?,25?,26?,27?,29?,30?/m0/s1. The molecule has 3 rings (SSSR count). The van der Waals surface area contributed by atoms with E-state index in [9.17, 15) is 30.3 Å². The molecule has 3 aliphatic rings. The second-order valence-corrected chi connectivity index (χ2v) is 13.3. The van der Waals surface area contributed by atoms with Crippen molar-refractivity contribution in [2.75, 3.05) is 0 Å². The third-order valence-corrected chi connectivity index (χ3v) is 8.81. The van der Waals surface area contributed by atoms with E-state index in [0.717, 1.165) is 25.7 Å². The van der Waals surface area contributed by atoms with Gasteiger partial charge in [0.15, 0.2) is 12.1 Å². The molecule has 0 aromatic rings. The van der Waals surface area contributed by atoms with Gasteiger partial charge in [-0.2, -0.15) is 0 Å². The Morgan fingerprint density at radius 1 is 1.07 bits per heavy atom. The number of hydrogen-bond donors (Lipinski definition) is 8. The lowest BCUT2D eigenvalue weighted by Gasteiger charge is -2.46. The summed E-state index contributed by atoms with van der Waals surface area (Å²) >= 11 is 0. The maximum atomic E-state index is 13.6. The van der Waals surface area contributed by atoms with Crippen molar-refractivity contribution < 1.29 is 44.5 Å². The van der Waals surface area contributed by atoms with E-state index in [4.69, 9.17) is 25.7 Å². The normalized spacial score (nSPS) is 41.3. The summed E-state index contributed by atoms with van der Waals surface area (Å²) in [7, 11) is 0. The van der Waals surface area contributed by atoms with Crippen molar-refractivity contribution in [3.63, 3.8) is 0 Å². The number of aliphatic hydroxyl groups excluding tert-OH is 4. The number of ether oxygens (including phenoxy) is 3. The number of allylic oxidation sites excluding steroid dienone is 1. The number of carbonyl (C=O) groups is 1. The molecule has 3 fully saturated rings. The van der Waals surface area contributed by atoms with Gasteiger partial charge >= 0.3 is 0 Å². The zero-order chi connectivity index (χ0) is 31.4. The monoisotopic (exact) mass is 601 g/mol. The van der Waals surface area contributed by atoms with E-state index in [0.29, 0.717) is 0 Å². The summed E-state index contributed by atoms with van der Waals surface area (Å²) in [6.07, 6.45) is -1.86. The summed E-state index contributed by atoms with van der Waals surface area (Å²) in [6, 6.07) is -0.968. The number of nitrogens with two attached hydrogens (primary N) is 2. The first-order chi connectivity index (χ1) is 19.6. The average Bonchev–Trinajstić information content (AvgIpc) is 2.89. The Balaban J connectivity index is 1.87. The Labute approximate surface area is 249 Å². The van der Waals surface area contributed by atoms with Crippen LogP contribution in [0.1, 0.15) is 79.6 Å². The highest BCUT2D eigenvalue weighted by Crippen LogP contribution is 2.38. The van der Waals surface area contributed by atoms with E-state index < -0.39 is 72.7 Å². The smallest absolute Gasteiger partial charge is 0.228 e. The number of amides is 1. The molecule has 2 saturated heterocycles. The van der Waals surface area contributed by atoms with Gasteiger partial charge in [-0.3, -0.25) is 4.79 Å². The third-order valence-electron chi connectivity index (χ3n) is 8.81. The van der Waals surface area contributed by atoms with Crippen LogP contribution in [0.2, 0.25) is 0 Å². The van der Waals surface area contributed by atoms with Crippen LogP contribution in [-0.4, -0.2) is 104 Å². The first-order valence-corrected chi connectivity index (χ1v) is 15.5. The number of aliphatic hydroxyl groups is 5. The number of hydrogen-bond acceptors (Lipinski definition) is 11. The van der Waals surface area contributed by atoms with Gasteiger partial charge in [-0.1, -0.05) is 39.8 Å². The van der Waals surface area contributed by atoms with Crippen LogP contribution >= 0.6 is 0 Å². The molecular formula is C30H55N3O9. The van der Waals surface area contributed by atoms with Crippen LogP contribution in [0.5, 0.6) is 0 Å². The third kappa shape index (κ3) is 9.40. The number of nitrogens with one attached hydrogen (secondary N) is 1. The molecule has 1 saturated carbocycles. The fraction of sp³-hybridized carbons (Fsp3) is 0.900. The van der Waals surface area contributed by atoms with E-state index in [-0.39, 0.29) is 43.2 Å². The van der Waals surface area contributed by atoms with E-state index in [1.165, 1.54) is 0 Å². The average molecular weight is 602 g/mol. The first-order valence-electron chi connectivity index (χ1n) is 15.5. The minimum absolute atomic E-state index is 0.0206. The molecule has 11 atom stereocenters. The second-order valence-electron chi connectivity index (χ2n) is 13.3. The molecule has 244 valence electrons. The van der Waals surface area contributed by atoms with Crippen molar-refractivity contribution in [3.8, 4) is 0 Å². The van der Waals surface area contributed by atoms with Crippen LogP contribution in [0.4, 0.5) is 0 Å². The maximum absolute atomic E-state index is 13.6.